The van der Waals surface area contributed by atoms with Crippen LogP contribution in [0.25, 0.3) is 0 Å². The minimum Gasteiger partial charge on any atom is -0.373 e. The molecule has 0 bridgehead atoms. The van der Waals surface area contributed by atoms with Gasteiger partial charge in [0.25, 0.3) is 0 Å². The number of ether oxygens (including phenoxy) is 1. The second-order valence-electron chi connectivity index (χ2n) is 6.05. The molecule has 1 fully saturated rings. The van der Waals surface area contributed by atoms with Gasteiger partial charge in [-0.05, 0) is 18.8 Å². The highest BCUT2D eigenvalue weighted by Gasteiger charge is 2.31. The van der Waals surface area contributed by atoms with Crippen LogP contribution in [0, 0.1) is 5.92 Å². The smallest absolute Gasteiger partial charge is 0.228 e. The van der Waals surface area contributed by atoms with E-state index in [1.807, 2.05) is 0 Å². The van der Waals surface area contributed by atoms with Crippen molar-refractivity contribution >= 4 is 0 Å². The summed E-state index contributed by atoms with van der Waals surface area (Å²) in [5.41, 5.74) is 6.25. The zero-order valence-electron chi connectivity index (χ0n) is 12.2. The fourth-order valence-electron chi connectivity index (χ4n) is 2.86. The van der Waals surface area contributed by atoms with E-state index in [1.165, 1.54) is 19.3 Å². The summed E-state index contributed by atoms with van der Waals surface area (Å²) < 4.78 is 10.8. The molecule has 1 aromatic rings. The SMILES string of the molecule is COC(c1noc(CC2(N)CCCCC2)n1)C(C)C. The third kappa shape index (κ3) is 3.54. The first-order chi connectivity index (χ1) is 9.04. The van der Waals surface area contributed by atoms with Crippen molar-refractivity contribution in [1.82, 2.24) is 10.1 Å². The molecule has 2 rings (SSSR count). The van der Waals surface area contributed by atoms with Crippen LogP contribution in [0.2, 0.25) is 0 Å². The van der Waals surface area contributed by atoms with Gasteiger partial charge in [0.15, 0.2) is 0 Å². The van der Waals surface area contributed by atoms with Gasteiger partial charge in [0.2, 0.25) is 11.7 Å². The topological polar surface area (TPSA) is 74.2 Å². The Morgan fingerprint density at radius 2 is 2.00 bits per heavy atom. The molecule has 2 N–H and O–H groups in total. The Hall–Kier alpha value is -0.940. The zero-order chi connectivity index (χ0) is 13.9. The minimum atomic E-state index is -0.164. The predicted molar refractivity (Wildman–Crippen MR) is 72.6 cm³/mol. The van der Waals surface area contributed by atoms with Crippen molar-refractivity contribution in [2.75, 3.05) is 7.11 Å². The van der Waals surface area contributed by atoms with E-state index in [4.69, 9.17) is 15.0 Å². The largest absolute Gasteiger partial charge is 0.373 e. The summed E-state index contributed by atoms with van der Waals surface area (Å²) in [5.74, 6) is 1.59. The fraction of sp³-hybridized carbons (Fsp3) is 0.857. The van der Waals surface area contributed by atoms with E-state index >= 15 is 0 Å². The number of rotatable bonds is 5. The van der Waals surface area contributed by atoms with E-state index in [0.717, 1.165) is 12.8 Å². The Labute approximate surface area is 114 Å². The quantitative estimate of drug-likeness (QED) is 0.887. The van der Waals surface area contributed by atoms with Gasteiger partial charge in [-0.1, -0.05) is 38.3 Å². The molecule has 0 amide bonds. The first kappa shape index (κ1) is 14.5. The molecule has 0 radical (unpaired) electrons. The van der Waals surface area contributed by atoms with Crippen LogP contribution in [-0.4, -0.2) is 22.8 Å². The van der Waals surface area contributed by atoms with Crippen LogP contribution in [0.1, 0.15) is 63.8 Å². The van der Waals surface area contributed by atoms with Crippen molar-refractivity contribution < 1.29 is 9.26 Å². The summed E-state index contributed by atoms with van der Waals surface area (Å²) >= 11 is 0. The lowest BCUT2D eigenvalue weighted by molar-refractivity contribution is 0.0555. The third-order valence-corrected chi connectivity index (χ3v) is 3.95. The molecule has 1 aliphatic rings. The van der Waals surface area contributed by atoms with Crippen molar-refractivity contribution in [2.24, 2.45) is 11.7 Å². The summed E-state index contributed by atoms with van der Waals surface area (Å²) in [6, 6.07) is 0. The molecule has 0 spiro atoms. The average molecular weight is 267 g/mol. The van der Waals surface area contributed by atoms with Gasteiger partial charge < -0.3 is 15.0 Å². The monoisotopic (exact) mass is 267 g/mol. The molecule has 1 aliphatic carbocycles. The third-order valence-electron chi connectivity index (χ3n) is 3.95. The molecule has 108 valence electrons. The van der Waals surface area contributed by atoms with Crippen LogP contribution in [0.4, 0.5) is 0 Å². The van der Waals surface area contributed by atoms with Crippen molar-refractivity contribution in [3.05, 3.63) is 11.7 Å². The normalized spacial score (nSPS) is 20.7. The Kier molecular flexibility index (Phi) is 4.58. The molecule has 1 heterocycles. The number of nitrogens with zero attached hydrogens (tertiary/aromatic N) is 2. The van der Waals surface area contributed by atoms with Gasteiger partial charge in [-0.15, -0.1) is 0 Å². The molecule has 1 atom stereocenters. The molecule has 0 aromatic carbocycles. The van der Waals surface area contributed by atoms with Crippen molar-refractivity contribution in [2.45, 2.75) is 64.0 Å². The molecular formula is C14H25N3O2. The van der Waals surface area contributed by atoms with Gasteiger partial charge in [-0.2, -0.15) is 4.98 Å². The second-order valence-corrected chi connectivity index (χ2v) is 6.05. The van der Waals surface area contributed by atoms with Crippen molar-refractivity contribution in [3.8, 4) is 0 Å². The summed E-state index contributed by atoms with van der Waals surface area (Å²) in [5, 5.41) is 4.04. The van der Waals surface area contributed by atoms with Crippen LogP contribution >= 0.6 is 0 Å². The standard InChI is InChI=1S/C14H25N3O2/c1-10(2)12(18-3)13-16-11(19-17-13)9-14(15)7-5-4-6-8-14/h10,12H,4-9,15H2,1-3H3. The highest BCUT2D eigenvalue weighted by molar-refractivity contribution is 4.99. The van der Waals surface area contributed by atoms with E-state index in [2.05, 4.69) is 24.0 Å². The van der Waals surface area contributed by atoms with Crippen molar-refractivity contribution in [3.63, 3.8) is 0 Å². The Bertz CT molecular complexity index is 397. The van der Waals surface area contributed by atoms with Crippen LogP contribution in [0.5, 0.6) is 0 Å². The van der Waals surface area contributed by atoms with Gasteiger partial charge in [0.1, 0.15) is 6.10 Å². The molecule has 1 aromatic heterocycles. The van der Waals surface area contributed by atoms with Gasteiger partial charge >= 0.3 is 0 Å². The predicted octanol–water partition coefficient (Wildman–Crippen LogP) is 2.62. The van der Waals surface area contributed by atoms with E-state index in [-0.39, 0.29) is 11.6 Å². The molecule has 5 nitrogen and oxygen atoms in total. The van der Waals surface area contributed by atoms with E-state index in [9.17, 15) is 0 Å². The van der Waals surface area contributed by atoms with Gasteiger partial charge in [0, 0.05) is 19.1 Å². The molecule has 0 saturated heterocycles. The highest BCUT2D eigenvalue weighted by Crippen LogP contribution is 2.29. The van der Waals surface area contributed by atoms with Crippen LogP contribution < -0.4 is 5.73 Å². The molecule has 5 heteroatoms. The maximum absolute atomic E-state index is 6.41. The lowest BCUT2D eigenvalue weighted by atomic mass is 9.80. The number of methoxy groups -OCH3 is 1. The number of aromatic nitrogens is 2. The lowest BCUT2D eigenvalue weighted by Gasteiger charge is -2.31. The number of hydrogen-bond acceptors (Lipinski definition) is 5. The summed E-state index contributed by atoms with van der Waals surface area (Å²) in [6.07, 6.45) is 6.33. The summed E-state index contributed by atoms with van der Waals surface area (Å²) in [4.78, 5) is 4.46. The van der Waals surface area contributed by atoms with Gasteiger partial charge in [-0.3, -0.25) is 0 Å². The Balaban J connectivity index is 2.04. The van der Waals surface area contributed by atoms with Crippen LogP contribution in [-0.2, 0) is 11.2 Å². The number of hydrogen-bond donors (Lipinski definition) is 1. The second kappa shape index (κ2) is 6.01. The first-order valence-electron chi connectivity index (χ1n) is 7.18. The summed E-state index contributed by atoms with van der Waals surface area (Å²) in [7, 11) is 1.67. The van der Waals surface area contributed by atoms with E-state index < -0.39 is 0 Å². The molecule has 0 aliphatic heterocycles. The molecule has 19 heavy (non-hydrogen) atoms. The number of nitrogens with two attached hydrogens (primary N) is 1. The van der Waals surface area contributed by atoms with Gasteiger partial charge in [-0.25, -0.2) is 0 Å². The lowest BCUT2D eigenvalue weighted by Crippen LogP contribution is -2.43. The zero-order valence-corrected chi connectivity index (χ0v) is 12.2. The molecule has 1 saturated carbocycles. The van der Waals surface area contributed by atoms with E-state index in [1.54, 1.807) is 7.11 Å². The fourth-order valence-corrected chi connectivity index (χ4v) is 2.86. The maximum atomic E-state index is 6.41. The van der Waals surface area contributed by atoms with Crippen molar-refractivity contribution in [1.29, 1.82) is 0 Å². The summed E-state index contributed by atoms with van der Waals surface area (Å²) in [6.45, 7) is 4.16. The maximum Gasteiger partial charge on any atom is 0.228 e. The Morgan fingerprint density at radius 3 is 2.58 bits per heavy atom. The Morgan fingerprint density at radius 1 is 1.32 bits per heavy atom. The highest BCUT2D eigenvalue weighted by atomic mass is 16.5. The first-order valence-corrected chi connectivity index (χ1v) is 7.18. The minimum absolute atomic E-state index is 0.113. The molecule has 1 unspecified atom stereocenters. The van der Waals surface area contributed by atoms with Crippen LogP contribution in [0.15, 0.2) is 4.52 Å². The van der Waals surface area contributed by atoms with Crippen LogP contribution in [0.3, 0.4) is 0 Å². The average Bonchev–Trinajstić information content (AvgIpc) is 2.78. The van der Waals surface area contributed by atoms with Gasteiger partial charge in [0.05, 0.1) is 0 Å². The van der Waals surface area contributed by atoms with E-state index in [0.29, 0.717) is 24.1 Å². The molecular weight excluding hydrogens is 242 g/mol.